The average molecular weight is 372 g/mol. The van der Waals surface area contributed by atoms with Crippen LogP contribution < -0.4 is 0 Å². The number of nitrogens with zero attached hydrogens (tertiary/aromatic N) is 3. The largest absolute Gasteiger partial charge is 0.342 e. The van der Waals surface area contributed by atoms with Crippen LogP contribution in [0.1, 0.15) is 56.2 Å². The van der Waals surface area contributed by atoms with E-state index in [1.54, 1.807) is 0 Å². The molecule has 1 aromatic rings. The zero-order chi connectivity index (χ0) is 18.4. The minimum absolute atomic E-state index is 0.162. The quantitative estimate of drug-likeness (QED) is 0.804. The minimum Gasteiger partial charge on any atom is -0.342 e. The topological polar surface area (TPSA) is 47.3 Å². The molecule has 0 aromatic carbocycles. The first-order valence-corrected chi connectivity index (χ1v) is 10.7. The summed E-state index contributed by atoms with van der Waals surface area (Å²) in [5.41, 5.74) is 0.143. The first-order chi connectivity index (χ1) is 12.4. The van der Waals surface area contributed by atoms with Crippen LogP contribution in [0.2, 0.25) is 0 Å². The average Bonchev–Trinajstić information content (AvgIpc) is 3.03. The molecule has 1 aliphatic heterocycles. The highest BCUT2D eigenvalue weighted by atomic mass is 32.1. The highest BCUT2D eigenvalue weighted by Gasteiger charge is 2.50. The van der Waals surface area contributed by atoms with Gasteiger partial charge in [-0.1, -0.05) is 6.07 Å². The van der Waals surface area contributed by atoms with E-state index in [1.807, 2.05) is 11.3 Å². The monoisotopic (exact) mass is 371 g/mol. The van der Waals surface area contributed by atoms with Gasteiger partial charge in [0, 0.05) is 24.4 Å². The standard InChI is InChI=1S/C21H29N3OS/c1-23(2)21(17-4-3-13-26-17)9-7-19(8-10-21)11-12-24(16-19)18(25)14-20(15-22)5-6-20/h3-4,13H,5-12,14,16H2,1-2H3. The first kappa shape index (κ1) is 18.0. The molecule has 5 heteroatoms. The predicted molar refractivity (Wildman–Crippen MR) is 104 cm³/mol. The van der Waals surface area contributed by atoms with Gasteiger partial charge in [-0.05, 0) is 75.9 Å². The van der Waals surface area contributed by atoms with Gasteiger partial charge in [-0.2, -0.15) is 5.26 Å². The molecular weight excluding hydrogens is 342 g/mol. The number of likely N-dealkylation sites (tertiary alicyclic amines) is 1. The molecule has 0 bridgehead atoms. The number of amides is 1. The van der Waals surface area contributed by atoms with E-state index in [2.05, 4.69) is 47.5 Å². The van der Waals surface area contributed by atoms with Gasteiger partial charge in [0.15, 0.2) is 0 Å². The second kappa shape index (κ2) is 6.35. The van der Waals surface area contributed by atoms with E-state index >= 15 is 0 Å². The summed E-state index contributed by atoms with van der Waals surface area (Å²) in [6.07, 6.45) is 8.10. The third kappa shape index (κ3) is 2.97. The van der Waals surface area contributed by atoms with E-state index in [4.69, 9.17) is 0 Å². The normalized spacial score (nSPS) is 32.8. The molecule has 4 nitrogen and oxygen atoms in total. The molecule has 0 unspecified atom stereocenters. The molecule has 1 saturated heterocycles. The molecule has 4 rings (SSSR count). The first-order valence-electron chi connectivity index (χ1n) is 9.83. The van der Waals surface area contributed by atoms with Gasteiger partial charge >= 0.3 is 0 Å². The van der Waals surface area contributed by atoms with Gasteiger partial charge in [0.05, 0.1) is 17.0 Å². The fraction of sp³-hybridized carbons (Fsp3) is 0.714. The number of hydrogen-bond acceptors (Lipinski definition) is 4. The Balaban J connectivity index is 1.41. The van der Waals surface area contributed by atoms with E-state index in [1.165, 1.54) is 30.6 Å². The Morgan fingerprint density at radius 3 is 2.50 bits per heavy atom. The molecule has 1 spiro atoms. The molecule has 1 amide bonds. The number of nitriles is 1. The third-order valence-electron chi connectivity index (χ3n) is 7.35. The lowest BCUT2D eigenvalue weighted by molar-refractivity contribution is -0.131. The molecule has 0 radical (unpaired) electrons. The lowest BCUT2D eigenvalue weighted by Gasteiger charge is -2.48. The molecule has 3 fully saturated rings. The molecular formula is C21H29N3OS. The van der Waals surface area contributed by atoms with Crippen LogP contribution in [0.15, 0.2) is 17.5 Å². The summed E-state index contributed by atoms with van der Waals surface area (Å²) in [6.45, 7) is 1.79. The third-order valence-corrected chi connectivity index (χ3v) is 8.41. The number of carbonyl (C=O) groups excluding carboxylic acids is 1. The second-order valence-electron chi connectivity index (χ2n) is 9.04. The number of rotatable bonds is 4. The van der Waals surface area contributed by atoms with Crippen molar-refractivity contribution in [2.75, 3.05) is 27.2 Å². The summed E-state index contributed by atoms with van der Waals surface area (Å²) in [5, 5.41) is 11.5. The van der Waals surface area contributed by atoms with Gasteiger partial charge in [-0.25, -0.2) is 0 Å². The zero-order valence-corrected chi connectivity index (χ0v) is 16.8. The maximum atomic E-state index is 12.7. The Morgan fingerprint density at radius 1 is 1.23 bits per heavy atom. The van der Waals surface area contributed by atoms with Gasteiger partial charge in [0.1, 0.15) is 0 Å². The van der Waals surface area contributed by atoms with Crippen molar-refractivity contribution in [3.8, 4) is 6.07 Å². The van der Waals surface area contributed by atoms with E-state index in [0.717, 1.165) is 32.4 Å². The van der Waals surface area contributed by atoms with Crippen LogP contribution in [0.4, 0.5) is 0 Å². The maximum absolute atomic E-state index is 12.7. The van der Waals surface area contributed by atoms with Crippen LogP contribution >= 0.6 is 11.3 Å². The summed E-state index contributed by atoms with van der Waals surface area (Å²) in [7, 11) is 4.42. The van der Waals surface area contributed by atoms with Gasteiger partial charge < -0.3 is 4.90 Å². The Kier molecular flexibility index (Phi) is 4.40. The summed E-state index contributed by atoms with van der Waals surface area (Å²) < 4.78 is 0. The molecule has 2 saturated carbocycles. The fourth-order valence-corrected chi connectivity index (χ4v) is 6.15. The van der Waals surface area contributed by atoms with Crippen molar-refractivity contribution in [1.82, 2.24) is 9.80 Å². The summed E-state index contributed by atoms with van der Waals surface area (Å²) >= 11 is 1.87. The molecule has 2 heterocycles. The van der Waals surface area contributed by atoms with E-state index in [0.29, 0.717) is 11.8 Å². The van der Waals surface area contributed by atoms with Crippen molar-refractivity contribution >= 4 is 17.2 Å². The van der Waals surface area contributed by atoms with Crippen LogP contribution in [0.3, 0.4) is 0 Å². The minimum atomic E-state index is -0.321. The van der Waals surface area contributed by atoms with Gasteiger partial charge in [-0.15, -0.1) is 11.3 Å². The smallest absolute Gasteiger partial charge is 0.224 e. The fourth-order valence-electron chi connectivity index (χ4n) is 5.09. The Hall–Kier alpha value is -1.38. The lowest BCUT2D eigenvalue weighted by Crippen LogP contribution is -2.47. The van der Waals surface area contributed by atoms with Crippen LogP contribution in [-0.2, 0) is 10.3 Å². The molecule has 0 N–H and O–H groups in total. The maximum Gasteiger partial charge on any atom is 0.224 e. The molecule has 1 aromatic heterocycles. The molecule has 0 atom stereocenters. The van der Waals surface area contributed by atoms with E-state index in [-0.39, 0.29) is 16.9 Å². The highest BCUT2D eigenvalue weighted by molar-refractivity contribution is 7.10. The SMILES string of the molecule is CN(C)C1(c2cccs2)CCC2(CCN(C(=O)CC3(C#N)CC3)C2)CC1. The molecule has 26 heavy (non-hydrogen) atoms. The Labute approximate surface area is 160 Å². The van der Waals surface area contributed by atoms with Crippen LogP contribution in [0.5, 0.6) is 0 Å². The summed E-state index contributed by atoms with van der Waals surface area (Å²) in [5.74, 6) is 0.212. The van der Waals surface area contributed by atoms with Gasteiger partial charge in [0.25, 0.3) is 0 Å². The van der Waals surface area contributed by atoms with Crippen molar-refractivity contribution in [3.63, 3.8) is 0 Å². The molecule has 140 valence electrons. The van der Waals surface area contributed by atoms with Crippen molar-refractivity contribution in [1.29, 1.82) is 5.26 Å². The van der Waals surface area contributed by atoms with Crippen molar-refractivity contribution in [3.05, 3.63) is 22.4 Å². The number of hydrogen-bond donors (Lipinski definition) is 0. The predicted octanol–water partition coefficient (Wildman–Crippen LogP) is 3.99. The lowest BCUT2D eigenvalue weighted by atomic mass is 9.66. The Bertz CT molecular complexity index is 706. The van der Waals surface area contributed by atoms with E-state index < -0.39 is 0 Å². The highest BCUT2D eigenvalue weighted by Crippen LogP contribution is 2.53. The number of thiophene rings is 1. The molecule has 2 aliphatic carbocycles. The van der Waals surface area contributed by atoms with Crippen molar-refractivity contribution in [2.24, 2.45) is 10.8 Å². The van der Waals surface area contributed by atoms with Crippen molar-refractivity contribution in [2.45, 2.75) is 56.9 Å². The summed E-state index contributed by atoms with van der Waals surface area (Å²) in [4.78, 5) is 18.6. The zero-order valence-electron chi connectivity index (χ0n) is 16.0. The van der Waals surface area contributed by atoms with Gasteiger partial charge in [0.2, 0.25) is 5.91 Å². The molecule has 3 aliphatic rings. The number of carbonyl (C=O) groups is 1. The van der Waals surface area contributed by atoms with Crippen LogP contribution in [0, 0.1) is 22.2 Å². The van der Waals surface area contributed by atoms with Crippen LogP contribution in [0.25, 0.3) is 0 Å². The van der Waals surface area contributed by atoms with E-state index in [9.17, 15) is 10.1 Å². The van der Waals surface area contributed by atoms with Crippen molar-refractivity contribution < 1.29 is 4.79 Å². The second-order valence-corrected chi connectivity index (χ2v) is 9.99. The van der Waals surface area contributed by atoms with Gasteiger partial charge in [-0.3, -0.25) is 9.69 Å². The summed E-state index contributed by atoms with van der Waals surface area (Å²) in [6, 6.07) is 6.81. The van der Waals surface area contributed by atoms with Crippen LogP contribution in [-0.4, -0.2) is 42.9 Å². The Morgan fingerprint density at radius 2 is 1.96 bits per heavy atom.